The van der Waals surface area contributed by atoms with Crippen molar-refractivity contribution < 1.29 is 15.3 Å². The third-order valence-corrected chi connectivity index (χ3v) is 0.867. The summed E-state index contributed by atoms with van der Waals surface area (Å²) in [6, 6.07) is 0. The lowest BCUT2D eigenvalue weighted by atomic mass is 10.7. The van der Waals surface area contributed by atoms with Crippen molar-refractivity contribution in [3.8, 4) is 0 Å². The standard InChI is InChI=1S/C3H6O3/c4-2-1-3(2,5)6/h2,4-6H,1H2. The molecule has 3 N–H and O–H groups in total. The lowest BCUT2D eigenvalue weighted by Gasteiger charge is -1.90. The molecule has 0 saturated heterocycles. The second-order valence-electron chi connectivity index (χ2n) is 1.60. The Hall–Kier alpha value is -0.120. The van der Waals surface area contributed by atoms with Gasteiger partial charge in [0.25, 0.3) is 0 Å². The Kier molecular flexibility index (Phi) is 0.508. The van der Waals surface area contributed by atoms with Gasteiger partial charge in [-0.2, -0.15) is 0 Å². The van der Waals surface area contributed by atoms with E-state index < -0.39 is 11.9 Å². The van der Waals surface area contributed by atoms with E-state index in [9.17, 15) is 0 Å². The van der Waals surface area contributed by atoms with Crippen LogP contribution in [0.25, 0.3) is 0 Å². The minimum Gasteiger partial charge on any atom is -0.387 e. The van der Waals surface area contributed by atoms with Gasteiger partial charge in [-0.15, -0.1) is 0 Å². The fraction of sp³-hybridized carbons (Fsp3) is 1.00. The molecule has 6 heavy (non-hydrogen) atoms. The van der Waals surface area contributed by atoms with Gasteiger partial charge in [0.2, 0.25) is 0 Å². The summed E-state index contributed by atoms with van der Waals surface area (Å²) in [7, 11) is 0. The van der Waals surface area contributed by atoms with E-state index in [2.05, 4.69) is 0 Å². The molecule has 1 saturated carbocycles. The topological polar surface area (TPSA) is 60.7 Å². The van der Waals surface area contributed by atoms with E-state index in [0.717, 1.165) is 0 Å². The van der Waals surface area contributed by atoms with Gasteiger partial charge in [0, 0.05) is 6.42 Å². The summed E-state index contributed by atoms with van der Waals surface area (Å²) in [6.45, 7) is 0. The first kappa shape index (κ1) is 4.05. The van der Waals surface area contributed by atoms with E-state index in [-0.39, 0.29) is 6.42 Å². The summed E-state index contributed by atoms with van der Waals surface area (Å²) in [4.78, 5) is 0. The number of hydrogen-bond donors (Lipinski definition) is 3. The van der Waals surface area contributed by atoms with Crippen molar-refractivity contribution in [3.05, 3.63) is 0 Å². The molecule has 1 aliphatic rings. The number of aliphatic hydroxyl groups is 3. The van der Waals surface area contributed by atoms with Crippen molar-refractivity contribution in [2.45, 2.75) is 18.3 Å². The molecule has 3 nitrogen and oxygen atoms in total. The number of rotatable bonds is 0. The Balaban J connectivity index is 2.41. The third-order valence-electron chi connectivity index (χ3n) is 0.867. The minimum absolute atomic E-state index is 0.104. The maximum Gasteiger partial charge on any atom is 0.192 e. The molecule has 0 aromatic heterocycles. The molecule has 1 rings (SSSR count). The lowest BCUT2D eigenvalue weighted by Crippen LogP contribution is -2.10. The van der Waals surface area contributed by atoms with Crippen molar-refractivity contribution in [2.24, 2.45) is 0 Å². The van der Waals surface area contributed by atoms with Gasteiger partial charge in [-0.25, -0.2) is 0 Å². The second-order valence-corrected chi connectivity index (χ2v) is 1.60. The highest BCUT2D eigenvalue weighted by Gasteiger charge is 2.50. The molecule has 0 aliphatic heterocycles. The van der Waals surface area contributed by atoms with Crippen LogP contribution in [-0.4, -0.2) is 27.2 Å². The fourth-order valence-corrected chi connectivity index (χ4v) is 0.226. The average Bonchev–Trinajstić information content (AvgIpc) is 1.73. The van der Waals surface area contributed by atoms with E-state index in [1.807, 2.05) is 0 Å². The van der Waals surface area contributed by atoms with Gasteiger partial charge in [0.15, 0.2) is 5.79 Å². The van der Waals surface area contributed by atoms with E-state index >= 15 is 0 Å². The van der Waals surface area contributed by atoms with Crippen molar-refractivity contribution in [2.75, 3.05) is 0 Å². The Morgan fingerprint density at radius 1 is 1.50 bits per heavy atom. The molecule has 0 aromatic rings. The van der Waals surface area contributed by atoms with Crippen LogP contribution in [0.2, 0.25) is 0 Å². The summed E-state index contributed by atoms with van der Waals surface area (Å²) < 4.78 is 0. The highest BCUT2D eigenvalue weighted by molar-refractivity contribution is 4.93. The molecule has 1 unspecified atom stereocenters. The molecule has 0 aromatic carbocycles. The van der Waals surface area contributed by atoms with E-state index in [0.29, 0.717) is 0 Å². The van der Waals surface area contributed by atoms with E-state index in [1.165, 1.54) is 0 Å². The van der Waals surface area contributed by atoms with Gasteiger partial charge in [-0.05, 0) is 0 Å². The van der Waals surface area contributed by atoms with Crippen LogP contribution in [-0.2, 0) is 0 Å². The number of aliphatic hydroxyl groups excluding tert-OH is 1. The minimum atomic E-state index is -1.74. The smallest absolute Gasteiger partial charge is 0.192 e. The van der Waals surface area contributed by atoms with Crippen molar-refractivity contribution >= 4 is 0 Å². The zero-order valence-electron chi connectivity index (χ0n) is 3.13. The predicted octanol–water partition coefficient (Wildman–Crippen LogP) is -1.57. The maximum absolute atomic E-state index is 8.21. The average molecular weight is 90.1 g/mol. The quantitative estimate of drug-likeness (QED) is 0.315. The first-order valence-corrected chi connectivity index (χ1v) is 1.76. The molecule has 1 aliphatic carbocycles. The van der Waals surface area contributed by atoms with Gasteiger partial charge in [0.05, 0.1) is 0 Å². The Morgan fingerprint density at radius 2 is 1.67 bits per heavy atom. The molecular weight excluding hydrogens is 84.0 g/mol. The SMILES string of the molecule is OC1CC1(O)O. The molecule has 0 heterocycles. The molecule has 36 valence electrons. The van der Waals surface area contributed by atoms with Crippen molar-refractivity contribution in [1.82, 2.24) is 0 Å². The predicted molar refractivity (Wildman–Crippen MR) is 17.8 cm³/mol. The molecule has 1 fully saturated rings. The van der Waals surface area contributed by atoms with Gasteiger partial charge >= 0.3 is 0 Å². The maximum atomic E-state index is 8.21. The van der Waals surface area contributed by atoms with Gasteiger partial charge in [-0.3, -0.25) is 0 Å². The van der Waals surface area contributed by atoms with Crippen LogP contribution in [0.5, 0.6) is 0 Å². The molecule has 0 spiro atoms. The Bertz CT molecular complexity index is 68.4. The molecule has 0 amide bonds. The highest BCUT2D eigenvalue weighted by atomic mass is 16.5. The summed E-state index contributed by atoms with van der Waals surface area (Å²) in [6.07, 6.45) is -0.787. The summed E-state index contributed by atoms with van der Waals surface area (Å²) >= 11 is 0. The normalized spacial score (nSPS) is 39.5. The lowest BCUT2D eigenvalue weighted by molar-refractivity contribution is -0.0980. The fourth-order valence-electron chi connectivity index (χ4n) is 0.226. The van der Waals surface area contributed by atoms with Crippen LogP contribution < -0.4 is 0 Å². The van der Waals surface area contributed by atoms with Crippen molar-refractivity contribution in [1.29, 1.82) is 0 Å². The van der Waals surface area contributed by atoms with Crippen LogP contribution in [0.1, 0.15) is 6.42 Å². The van der Waals surface area contributed by atoms with Gasteiger partial charge in [-0.1, -0.05) is 0 Å². The summed E-state index contributed by atoms with van der Waals surface area (Å²) in [5.74, 6) is -1.74. The molecule has 1 atom stereocenters. The number of hydrogen-bond acceptors (Lipinski definition) is 3. The van der Waals surface area contributed by atoms with E-state index in [4.69, 9.17) is 15.3 Å². The van der Waals surface area contributed by atoms with E-state index in [1.54, 1.807) is 0 Å². The molecule has 0 radical (unpaired) electrons. The Labute approximate surface area is 34.8 Å². The third kappa shape index (κ3) is 0.408. The van der Waals surface area contributed by atoms with Crippen LogP contribution in [0.3, 0.4) is 0 Å². The monoisotopic (exact) mass is 90.0 g/mol. The molecular formula is C3H6O3. The summed E-state index contributed by atoms with van der Waals surface area (Å²) in [5.41, 5.74) is 0. The summed E-state index contributed by atoms with van der Waals surface area (Å²) in [5, 5.41) is 24.6. The first-order chi connectivity index (χ1) is 2.63. The molecule has 3 heteroatoms. The first-order valence-electron chi connectivity index (χ1n) is 1.76. The van der Waals surface area contributed by atoms with Gasteiger partial charge in [0.1, 0.15) is 6.10 Å². The largest absolute Gasteiger partial charge is 0.387 e. The second kappa shape index (κ2) is 0.753. The van der Waals surface area contributed by atoms with Gasteiger partial charge < -0.3 is 15.3 Å². The van der Waals surface area contributed by atoms with Crippen LogP contribution in [0.4, 0.5) is 0 Å². The zero-order valence-corrected chi connectivity index (χ0v) is 3.13. The van der Waals surface area contributed by atoms with Crippen LogP contribution >= 0.6 is 0 Å². The van der Waals surface area contributed by atoms with Crippen LogP contribution in [0, 0.1) is 0 Å². The highest BCUT2D eigenvalue weighted by Crippen LogP contribution is 2.31. The van der Waals surface area contributed by atoms with Crippen molar-refractivity contribution in [3.63, 3.8) is 0 Å². The Morgan fingerprint density at radius 3 is 1.67 bits per heavy atom. The zero-order chi connectivity index (χ0) is 4.78. The van der Waals surface area contributed by atoms with Crippen LogP contribution in [0.15, 0.2) is 0 Å². The molecule has 0 bridgehead atoms.